The molecule has 2 rings (SSSR count). The Labute approximate surface area is 156 Å². The molecule has 1 fully saturated rings. The Morgan fingerprint density at radius 3 is 2.63 bits per heavy atom. The van der Waals surface area contributed by atoms with Crippen LogP contribution in [0.1, 0.15) is 29.6 Å². The number of ether oxygens (including phenoxy) is 2. The van der Waals surface area contributed by atoms with Gasteiger partial charge in [0.25, 0.3) is 5.91 Å². The van der Waals surface area contributed by atoms with Gasteiger partial charge in [0.05, 0.1) is 31.4 Å². The number of primary amides is 1. The van der Waals surface area contributed by atoms with Crippen molar-refractivity contribution in [3.8, 4) is 5.75 Å². The molecule has 0 unspecified atom stereocenters. The Hall–Kier alpha value is -2.68. The Morgan fingerprint density at radius 1 is 1.26 bits per heavy atom. The molecule has 1 aromatic carbocycles. The minimum absolute atomic E-state index is 0.140. The SMILES string of the molecule is COc1cc(F)ccc1C(=O)N[C@H]1CC[C@H](C(=O)NCC(N)=O)C[C@@H]1OC. The molecule has 3 atom stereocenters. The largest absolute Gasteiger partial charge is 0.496 e. The molecule has 1 saturated carbocycles. The molecule has 0 aromatic heterocycles. The average molecular weight is 381 g/mol. The maximum atomic E-state index is 13.3. The van der Waals surface area contributed by atoms with Crippen molar-refractivity contribution in [2.75, 3.05) is 20.8 Å². The number of carbonyl (C=O) groups is 3. The number of nitrogens with two attached hydrogens (primary N) is 1. The number of methoxy groups -OCH3 is 2. The van der Waals surface area contributed by atoms with Crippen LogP contribution in [-0.4, -0.2) is 50.6 Å². The number of hydrogen-bond donors (Lipinski definition) is 3. The van der Waals surface area contributed by atoms with E-state index >= 15 is 0 Å². The second kappa shape index (κ2) is 9.31. The molecule has 1 aliphatic rings. The first kappa shape index (κ1) is 20.6. The van der Waals surface area contributed by atoms with E-state index < -0.39 is 17.6 Å². The highest BCUT2D eigenvalue weighted by Crippen LogP contribution is 2.28. The van der Waals surface area contributed by atoms with Gasteiger partial charge in [-0.25, -0.2) is 4.39 Å². The first-order valence-corrected chi connectivity index (χ1v) is 8.59. The molecule has 0 aliphatic heterocycles. The summed E-state index contributed by atoms with van der Waals surface area (Å²) in [6, 6.07) is 3.37. The summed E-state index contributed by atoms with van der Waals surface area (Å²) in [7, 11) is 2.87. The molecule has 0 heterocycles. The minimum atomic E-state index is -0.610. The van der Waals surface area contributed by atoms with Crippen LogP contribution in [0.5, 0.6) is 5.75 Å². The summed E-state index contributed by atoms with van der Waals surface area (Å²) >= 11 is 0. The van der Waals surface area contributed by atoms with Gasteiger partial charge >= 0.3 is 0 Å². The van der Waals surface area contributed by atoms with E-state index in [4.69, 9.17) is 15.2 Å². The Bertz CT molecular complexity index is 712. The lowest BCUT2D eigenvalue weighted by molar-refractivity contribution is -0.130. The van der Waals surface area contributed by atoms with Crippen LogP contribution in [0.4, 0.5) is 4.39 Å². The maximum absolute atomic E-state index is 13.3. The molecule has 4 N–H and O–H groups in total. The lowest BCUT2D eigenvalue weighted by Crippen LogP contribution is -2.50. The first-order valence-electron chi connectivity index (χ1n) is 8.59. The standard InChI is InChI=1S/C18H24FN3O5/c1-26-14-8-11(19)4-5-12(14)18(25)22-13-6-3-10(7-15(13)27-2)17(24)21-9-16(20)23/h4-5,8,10,13,15H,3,6-7,9H2,1-2H3,(H2,20,23)(H,21,24)(H,22,25)/t10-,13-,15-/m0/s1. The summed E-state index contributed by atoms with van der Waals surface area (Å²) in [5.41, 5.74) is 5.25. The summed E-state index contributed by atoms with van der Waals surface area (Å²) in [6.45, 7) is -0.211. The van der Waals surface area contributed by atoms with E-state index in [2.05, 4.69) is 10.6 Å². The predicted molar refractivity (Wildman–Crippen MR) is 94.5 cm³/mol. The molecule has 0 radical (unpaired) electrons. The highest BCUT2D eigenvalue weighted by atomic mass is 19.1. The topological polar surface area (TPSA) is 120 Å². The van der Waals surface area contributed by atoms with Crippen LogP contribution in [0.25, 0.3) is 0 Å². The second-order valence-electron chi connectivity index (χ2n) is 6.39. The van der Waals surface area contributed by atoms with Crippen molar-refractivity contribution in [3.63, 3.8) is 0 Å². The Morgan fingerprint density at radius 2 is 2.00 bits per heavy atom. The number of hydrogen-bond acceptors (Lipinski definition) is 5. The van der Waals surface area contributed by atoms with Crippen molar-refractivity contribution in [3.05, 3.63) is 29.6 Å². The van der Waals surface area contributed by atoms with E-state index in [1.54, 1.807) is 0 Å². The van der Waals surface area contributed by atoms with Crippen LogP contribution in [-0.2, 0) is 14.3 Å². The maximum Gasteiger partial charge on any atom is 0.255 e. The summed E-state index contributed by atoms with van der Waals surface area (Å²) in [5.74, 6) is -1.97. The van der Waals surface area contributed by atoms with E-state index in [-0.39, 0.29) is 41.8 Å². The number of benzene rings is 1. The number of amides is 3. The molecule has 1 aliphatic carbocycles. The molecule has 0 saturated heterocycles. The number of nitrogens with one attached hydrogen (secondary N) is 2. The lowest BCUT2D eigenvalue weighted by Gasteiger charge is -2.35. The van der Waals surface area contributed by atoms with Gasteiger partial charge in [-0.1, -0.05) is 0 Å². The Balaban J connectivity index is 2.00. The van der Waals surface area contributed by atoms with E-state index in [1.807, 2.05) is 0 Å². The third-order valence-corrected chi connectivity index (χ3v) is 4.63. The van der Waals surface area contributed by atoms with Gasteiger partial charge in [0, 0.05) is 19.1 Å². The first-order chi connectivity index (χ1) is 12.8. The Kier molecular flexibility index (Phi) is 7.12. The van der Waals surface area contributed by atoms with Crippen molar-refractivity contribution < 1.29 is 28.2 Å². The van der Waals surface area contributed by atoms with Crippen molar-refractivity contribution in [2.24, 2.45) is 11.7 Å². The van der Waals surface area contributed by atoms with Gasteiger partial charge < -0.3 is 25.8 Å². The van der Waals surface area contributed by atoms with E-state index in [9.17, 15) is 18.8 Å². The molecule has 27 heavy (non-hydrogen) atoms. The molecule has 1 aromatic rings. The van der Waals surface area contributed by atoms with Crippen molar-refractivity contribution in [1.29, 1.82) is 0 Å². The highest BCUT2D eigenvalue weighted by molar-refractivity contribution is 5.97. The van der Waals surface area contributed by atoms with E-state index in [0.717, 1.165) is 6.07 Å². The van der Waals surface area contributed by atoms with Crippen molar-refractivity contribution in [2.45, 2.75) is 31.4 Å². The summed E-state index contributed by atoms with van der Waals surface area (Å²) < 4.78 is 23.8. The second-order valence-corrected chi connectivity index (χ2v) is 6.39. The molecule has 3 amide bonds. The van der Waals surface area contributed by atoms with E-state index in [0.29, 0.717) is 19.3 Å². The van der Waals surface area contributed by atoms with Crippen LogP contribution in [0.3, 0.4) is 0 Å². The van der Waals surface area contributed by atoms with E-state index in [1.165, 1.54) is 26.4 Å². The smallest absolute Gasteiger partial charge is 0.255 e. The van der Waals surface area contributed by atoms with Gasteiger partial charge in [-0.3, -0.25) is 14.4 Å². The highest BCUT2D eigenvalue weighted by Gasteiger charge is 2.35. The lowest BCUT2D eigenvalue weighted by atomic mass is 9.83. The van der Waals surface area contributed by atoms with Gasteiger partial charge in [0.15, 0.2) is 0 Å². The van der Waals surface area contributed by atoms with Gasteiger partial charge in [-0.2, -0.15) is 0 Å². The third-order valence-electron chi connectivity index (χ3n) is 4.63. The van der Waals surface area contributed by atoms with Crippen LogP contribution < -0.4 is 21.1 Å². The quantitative estimate of drug-likeness (QED) is 0.630. The van der Waals surface area contributed by atoms with Crippen LogP contribution in [0, 0.1) is 11.7 Å². The summed E-state index contributed by atoms with van der Waals surface area (Å²) in [5, 5.41) is 5.36. The third kappa shape index (κ3) is 5.40. The van der Waals surface area contributed by atoms with Gasteiger partial charge in [-0.15, -0.1) is 0 Å². The van der Waals surface area contributed by atoms with Gasteiger partial charge in [-0.05, 0) is 31.4 Å². The zero-order chi connectivity index (χ0) is 20.0. The van der Waals surface area contributed by atoms with Crippen molar-refractivity contribution in [1.82, 2.24) is 10.6 Å². The molecular formula is C18H24FN3O5. The zero-order valence-corrected chi connectivity index (χ0v) is 15.3. The number of halogens is 1. The van der Waals surface area contributed by atoms with Crippen LogP contribution >= 0.6 is 0 Å². The van der Waals surface area contributed by atoms with Crippen LogP contribution in [0.15, 0.2) is 18.2 Å². The van der Waals surface area contributed by atoms with Gasteiger partial charge in [0.1, 0.15) is 11.6 Å². The summed E-state index contributed by atoms with van der Waals surface area (Å²) in [6.07, 6.45) is 1.06. The minimum Gasteiger partial charge on any atom is -0.496 e. The zero-order valence-electron chi connectivity index (χ0n) is 15.3. The summed E-state index contributed by atoms with van der Waals surface area (Å²) in [4.78, 5) is 35.5. The monoisotopic (exact) mass is 381 g/mol. The molecule has 148 valence electrons. The predicted octanol–water partition coefficient (Wildman–Crippen LogP) is 0.349. The van der Waals surface area contributed by atoms with Crippen molar-refractivity contribution >= 4 is 17.7 Å². The molecule has 0 bridgehead atoms. The molecule has 8 nitrogen and oxygen atoms in total. The normalized spacial score (nSPS) is 22.0. The number of rotatable bonds is 7. The molecular weight excluding hydrogens is 357 g/mol. The fraction of sp³-hybridized carbons (Fsp3) is 0.500. The van der Waals surface area contributed by atoms with Gasteiger partial charge in [0.2, 0.25) is 11.8 Å². The van der Waals surface area contributed by atoms with Crippen LogP contribution in [0.2, 0.25) is 0 Å². The molecule has 0 spiro atoms. The number of carbonyl (C=O) groups excluding carboxylic acids is 3. The fourth-order valence-corrected chi connectivity index (χ4v) is 3.21. The molecule has 9 heteroatoms. The fourth-order valence-electron chi connectivity index (χ4n) is 3.21. The average Bonchev–Trinajstić information content (AvgIpc) is 2.65.